The number of hydrogen-bond acceptors (Lipinski definition) is 4. The van der Waals surface area contributed by atoms with Crippen LogP contribution >= 0.6 is 23.2 Å². The molecule has 3 rings (SSSR count). The van der Waals surface area contributed by atoms with E-state index in [1.807, 2.05) is 0 Å². The Hall–Kier alpha value is -2.75. The Morgan fingerprint density at radius 1 is 0.938 bits per heavy atom. The predicted molar refractivity (Wildman–Crippen MR) is 118 cm³/mol. The Morgan fingerprint density at radius 2 is 1.56 bits per heavy atom. The van der Waals surface area contributed by atoms with Gasteiger partial charge in [-0.15, -0.1) is 0 Å². The van der Waals surface area contributed by atoms with Crippen LogP contribution in [-0.2, 0) is 21.5 Å². The molecule has 0 radical (unpaired) electrons. The highest BCUT2D eigenvalue weighted by atomic mass is 35.5. The first-order chi connectivity index (χ1) is 15.1. The molecule has 0 aliphatic carbocycles. The molecule has 5 nitrogen and oxygen atoms in total. The van der Waals surface area contributed by atoms with Crippen LogP contribution in [0, 0.1) is 0 Å². The third-order valence-corrected chi connectivity index (χ3v) is 5.72. The first kappa shape index (κ1) is 23.9. The zero-order chi connectivity index (χ0) is 23.4. The van der Waals surface area contributed by atoms with Crippen LogP contribution in [-0.4, -0.2) is 19.6 Å². The molecule has 0 fully saturated rings. The number of benzene rings is 3. The number of nitrogens with one attached hydrogen (secondary N) is 1. The molecule has 0 saturated carbocycles. The fourth-order valence-corrected chi connectivity index (χ4v) is 3.49. The maximum Gasteiger partial charge on any atom is 0.516 e. The van der Waals surface area contributed by atoms with Gasteiger partial charge in [0.1, 0.15) is 12.3 Å². The van der Waals surface area contributed by atoms with Gasteiger partial charge in [0.15, 0.2) is 0 Å². The van der Waals surface area contributed by atoms with Crippen LogP contribution in [0.5, 0.6) is 0 Å². The molecule has 11 heteroatoms. The molecule has 0 bridgehead atoms. The van der Waals surface area contributed by atoms with Gasteiger partial charge in [-0.3, -0.25) is 4.72 Å². The Morgan fingerprint density at radius 3 is 2.19 bits per heavy atom. The molecule has 0 atom stereocenters. The first-order valence-corrected chi connectivity index (χ1v) is 11.2. The van der Waals surface area contributed by atoms with E-state index in [0.29, 0.717) is 10.6 Å². The summed E-state index contributed by atoms with van der Waals surface area (Å²) in [7, 11) is -5.67. The molecule has 3 aromatic carbocycles. The SMILES string of the molecule is O=S(=O)(Nc1ccc(Cl)cc1/C(=N/OCc1ccc(Cl)cc1)c1ccccc1)C(F)(F)F. The molecule has 0 spiro atoms. The van der Waals surface area contributed by atoms with Crippen molar-refractivity contribution in [1.29, 1.82) is 0 Å². The molecule has 32 heavy (non-hydrogen) atoms. The molecular formula is C21H15Cl2F3N2O3S. The number of halogens is 5. The minimum Gasteiger partial charge on any atom is -0.390 e. The standard InChI is InChI=1S/C21H15Cl2F3N2O3S/c22-16-8-6-14(7-9-16)13-31-27-20(15-4-2-1-3-5-15)18-12-17(23)10-11-19(18)28-32(29,30)21(24,25)26/h1-12,28H,13H2/b27-20+. The van der Waals surface area contributed by atoms with E-state index in [2.05, 4.69) is 5.16 Å². The van der Waals surface area contributed by atoms with Crippen molar-refractivity contribution in [3.8, 4) is 0 Å². The van der Waals surface area contributed by atoms with E-state index in [-0.39, 0.29) is 28.6 Å². The summed E-state index contributed by atoms with van der Waals surface area (Å²) in [6.07, 6.45) is 0. The zero-order valence-corrected chi connectivity index (χ0v) is 18.4. The maximum atomic E-state index is 12.9. The van der Waals surface area contributed by atoms with Gasteiger partial charge in [0.05, 0.1) is 5.69 Å². The van der Waals surface area contributed by atoms with Crippen LogP contribution in [0.15, 0.2) is 78.0 Å². The van der Waals surface area contributed by atoms with Crippen molar-refractivity contribution in [2.24, 2.45) is 5.16 Å². The number of anilines is 1. The molecule has 168 valence electrons. The van der Waals surface area contributed by atoms with Crippen LogP contribution in [0.4, 0.5) is 18.9 Å². The lowest BCUT2D eigenvalue weighted by atomic mass is 10.0. The lowest BCUT2D eigenvalue weighted by Gasteiger charge is -2.16. The topological polar surface area (TPSA) is 67.8 Å². The van der Waals surface area contributed by atoms with Crippen LogP contribution < -0.4 is 4.72 Å². The van der Waals surface area contributed by atoms with Crippen LogP contribution in [0.3, 0.4) is 0 Å². The molecule has 0 aliphatic heterocycles. The van der Waals surface area contributed by atoms with E-state index < -0.39 is 15.5 Å². The second-order valence-corrected chi connectivity index (χ2v) is 8.99. The Kier molecular flexibility index (Phi) is 7.33. The summed E-state index contributed by atoms with van der Waals surface area (Å²) >= 11 is 11.9. The summed E-state index contributed by atoms with van der Waals surface area (Å²) in [6.45, 7) is 0.0394. The third kappa shape index (κ3) is 5.93. The summed E-state index contributed by atoms with van der Waals surface area (Å²) in [5.74, 6) is 0. The molecule has 0 aliphatic rings. The van der Waals surface area contributed by atoms with Crippen molar-refractivity contribution in [3.05, 3.63) is 99.5 Å². The largest absolute Gasteiger partial charge is 0.516 e. The Labute approximate surface area is 192 Å². The van der Waals surface area contributed by atoms with Gasteiger partial charge >= 0.3 is 15.5 Å². The number of hydrogen-bond donors (Lipinski definition) is 1. The fraction of sp³-hybridized carbons (Fsp3) is 0.0952. The molecule has 0 heterocycles. The van der Waals surface area contributed by atoms with Gasteiger partial charge in [-0.1, -0.05) is 70.8 Å². The number of rotatable bonds is 7. The monoisotopic (exact) mass is 502 g/mol. The maximum absolute atomic E-state index is 12.9. The minimum atomic E-state index is -5.67. The summed E-state index contributed by atoms with van der Waals surface area (Å²) < 4.78 is 63.7. The van der Waals surface area contributed by atoms with Crippen LogP contribution in [0.1, 0.15) is 16.7 Å². The smallest absolute Gasteiger partial charge is 0.390 e. The second-order valence-electron chi connectivity index (χ2n) is 6.45. The molecule has 1 N–H and O–H groups in total. The van der Waals surface area contributed by atoms with Crippen molar-refractivity contribution in [1.82, 2.24) is 0 Å². The number of alkyl halides is 3. The van der Waals surface area contributed by atoms with Crippen molar-refractivity contribution in [2.45, 2.75) is 12.1 Å². The van der Waals surface area contributed by atoms with E-state index in [1.54, 1.807) is 59.3 Å². The number of oxime groups is 1. The lowest BCUT2D eigenvalue weighted by molar-refractivity contribution is -0.0429. The van der Waals surface area contributed by atoms with E-state index in [0.717, 1.165) is 11.6 Å². The van der Waals surface area contributed by atoms with E-state index in [4.69, 9.17) is 28.0 Å². The molecule has 3 aromatic rings. The van der Waals surface area contributed by atoms with Crippen LogP contribution in [0.25, 0.3) is 0 Å². The van der Waals surface area contributed by atoms with Crippen molar-refractivity contribution in [3.63, 3.8) is 0 Å². The van der Waals surface area contributed by atoms with E-state index >= 15 is 0 Å². The van der Waals surface area contributed by atoms with Gasteiger partial charge in [-0.25, -0.2) is 0 Å². The van der Waals surface area contributed by atoms with Gasteiger partial charge in [0.2, 0.25) is 0 Å². The normalized spacial score (nSPS) is 12.5. The van der Waals surface area contributed by atoms with Crippen molar-refractivity contribution in [2.75, 3.05) is 4.72 Å². The number of nitrogens with zero attached hydrogens (tertiary/aromatic N) is 1. The van der Waals surface area contributed by atoms with Gasteiger partial charge in [0.25, 0.3) is 0 Å². The zero-order valence-electron chi connectivity index (χ0n) is 16.1. The van der Waals surface area contributed by atoms with E-state index in [1.165, 1.54) is 12.1 Å². The van der Waals surface area contributed by atoms with Gasteiger partial charge in [0, 0.05) is 21.2 Å². The summed E-state index contributed by atoms with van der Waals surface area (Å²) in [4.78, 5) is 5.43. The molecule has 0 unspecified atom stereocenters. The fourth-order valence-electron chi connectivity index (χ4n) is 2.61. The average molecular weight is 503 g/mol. The van der Waals surface area contributed by atoms with Crippen molar-refractivity contribution < 1.29 is 26.4 Å². The summed E-state index contributed by atoms with van der Waals surface area (Å²) in [6, 6.07) is 18.9. The van der Waals surface area contributed by atoms with Crippen LogP contribution in [0.2, 0.25) is 10.0 Å². The van der Waals surface area contributed by atoms with Crippen molar-refractivity contribution >= 4 is 44.6 Å². The van der Waals surface area contributed by atoms with Gasteiger partial charge in [-0.2, -0.15) is 21.6 Å². The minimum absolute atomic E-state index is 0.00707. The Bertz CT molecular complexity index is 1220. The number of sulfonamides is 1. The lowest BCUT2D eigenvalue weighted by Crippen LogP contribution is -2.30. The molecule has 0 amide bonds. The summed E-state index contributed by atoms with van der Waals surface area (Å²) in [5.41, 5.74) is -4.55. The highest BCUT2D eigenvalue weighted by molar-refractivity contribution is 7.93. The van der Waals surface area contributed by atoms with Gasteiger partial charge in [-0.05, 0) is 35.9 Å². The van der Waals surface area contributed by atoms with Gasteiger partial charge < -0.3 is 4.84 Å². The Balaban J connectivity index is 2.03. The summed E-state index contributed by atoms with van der Waals surface area (Å²) in [5, 5.41) is 4.79. The quantitative estimate of drug-likeness (QED) is 0.307. The third-order valence-electron chi connectivity index (χ3n) is 4.13. The highest BCUT2D eigenvalue weighted by Crippen LogP contribution is 2.30. The molecular weight excluding hydrogens is 488 g/mol. The molecule has 0 saturated heterocycles. The first-order valence-electron chi connectivity index (χ1n) is 8.95. The second kappa shape index (κ2) is 9.81. The highest BCUT2D eigenvalue weighted by Gasteiger charge is 2.46. The van der Waals surface area contributed by atoms with E-state index in [9.17, 15) is 21.6 Å². The predicted octanol–water partition coefficient (Wildman–Crippen LogP) is 6.22. The molecule has 0 aromatic heterocycles. The average Bonchev–Trinajstić information content (AvgIpc) is 2.74.